The first-order valence-corrected chi connectivity index (χ1v) is 7.39. The summed E-state index contributed by atoms with van der Waals surface area (Å²) >= 11 is 0. The molecule has 0 radical (unpaired) electrons. The fourth-order valence-electron chi connectivity index (χ4n) is 3.05. The van der Waals surface area contributed by atoms with Crippen LogP contribution >= 0.6 is 0 Å². The van der Waals surface area contributed by atoms with Gasteiger partial charge in [-0.25, -0.2) is 0 Å². The summed E-state index contributed by atoms with van der Waals surface area (Å²) in [4.78, 5) is 0. The summed E-state index contributed by atoms with van der Waals surface area (Å²) in [5, 5.41) is 3.31. The highest BCUT2D eigenvalue weighted by Gasteiger charge is 2.33. The first-order valence-electron chi connectivity index (χ1n) is 7.39. The van der Waals surface area contributed by atoms with Gasteiger partial charge in [0.05, 0.1) is 5.56 Å². The minimum Gasteiger partial charge on any atom is -0.310 e. The second kappa shape index (κ2) is 6.61. The average Bonchev–Trinajstić information content (AvgIpc) is 2.44. The van der Waals surface area contributed by atoms with Gasteiger partial charge in [-0.05, 0) is 30.4 Å². The van der Waals surface area contributed by atoms with Crippen LogP contribution in [0.4, 0.5) is 13.2 Å². The topological polar surface area (TPSA) is 12.0 Å². The van der Waals surface area contributed by atoms with Crippen LogP contribution in [0.25, 0.3) is 0 Å². The Morgan fingerprint density at radius 2 is 1.95 bits per heavy atom. The fourth-order valence-corrected chi connectivity index (χ4v) is 3.05. The van der Waals surface area contributed by atoms with E-state index in [1.807, 2.05) is 0 Å². The maximum absolute atomic E-state index is 12.9. The Bertz CT molecular complexity index is 428. The molecule has 1 aromatic rings. The highest BCUT2D eigenvalue weighted by atomic mass is 19.4. The third kappa shape index (κ3) is 3.98. The molecule has 0 amide bonds. The number of alkyl halides is 3. The number of benzene rings is 1. The van der Waals surface area contributed by atoms with Gasteiger partial charge in [0.2, 0.25) is 0 Å². The third-order valence-electron chi connectivity index (χ3n) is 4.26. The van der Waals surface area contributed by atoms with E-state index in [1.165, 1.54) is 18.9 Å². The lowest BCUT2D eigenvalue weighted by molar-refractivity contribution is -0.138. The Hall–Kier alpha value is -1.03. The molecule has 1 N–H and O–H groups in total. The predicted molar refractivity (Wildman–Crippen MR) is 74.3 cm³/mol. The fraction of sp³-hybridized carbons (Fsp3) is 0.625. The maximum Gasteiger partial charge on any atom is 0.416 e. The first-order chi connectivity index (χ1) is 9.50. The number of halogens is 3. The Kier molecular flexibility index (Phi) is 5.08. The monoisotopic (exact) mass is 285 g/mol. The number of hydrogen-bond donors (Lipinski definition) is 1. The molecule has 4 heteroatoms. The molecule has 0 aromatic heterocycles. The van der Waals surface area contributed by atoms with Gasteiger partial charge in [-0.1, -0.05) is 44.4 Å². The van der Waals surface area contributed by atoms with E-state index >= 15 is 0 Å². The van der Waals surface area contributed by atoms with Crippen LogP contribution in [0.5, 0.6) is 0 Å². The van der Waals surface area contributed by atoms with Crippen LogP contribution in [0, 0.1) is 5.92 Å². The van der Waals surface area contributed by atoms with Crippen molar-refractivity contribution in [1.29, 1.82) is 0 Å². The summed E-state index contributed by atoms with van der Waals surface area (Å²) in [6.07, 6.45) is 1.49. The van der Waals surface area contributed by atoms with E-state index in [4.69, 9.17) is 0 Å². The summed E-state index contributed by atoms with van der Waals surface area (Å²) in [5.41, 5.74) is -0.172. The van der Waals surface area contributed by atoms with Crippen LogP contribution in [0.3, 0.4) is 0 Å². The zero-order valence-corrected chi connectivity index (χ0v) is 11.8. The molecule has 20 heavy (non-hydrogen) atoms. The molecule has 1 fully saturated rings. The van der Waals surface area contributed by atoms with E-state index in [9.17, 15) is 13.2 Å². The molecular formula is C16H22F3N. The van der Waals surface area contributed by atoms with Crippen molar-refractivity contribution in [1.82, 2.24) is 5.32 Å². The molecule has 1 aliphatic carbocycles. The molecule has 0 aliphatic heterocycles. The molecule has 0 saturated heterocycles. The molecule has 1 aliphatic rings. The predicted octanol–water partition coefficient (Wildman–Crippen LogP) is 4.76. The van der Waals surface area contributed by atoms with E-state index in [-0.39, 0.29) is 0 Å². The van der Waals surface area contributed by atoms with Gasteiger partial charge in [-0.2, -0.15) is 13.2 Å². The van der Waals surface area contributed by atoms with Gasteiger partial charge >= 0.3 is 6.18 Å². The van der Waals surface area contributed by atoms with Gasteiger partial charge in [0.1, 0.15) is 0 Å². The maximum atomic E-state index is 12.9. The highest BCUT2D eigenvalue weighted by molar-refractivity contribution is 5.29. The lowest BCUT2D eigenvalue weighted by atomic mass is 9.84. The summed E-state index contributed by atoms with van der Waals surface area (Å²) < 4.78 is 38.7. The van der Waals surface area contributed by atoms with Gasteiger partial charge in [0, 0.05) is 12.6 Å². The SMILES string of the molecule is CCC1CCCC(NCc2ccccc2C(F)(F)F)C1. The van der Waals surface area contributed by atoms with E-state index in [0.29, 0.717) is 18.2 Å². The molecule has 1 aromatic carbocycles. The summed E-state index contributed by atoms with van der Waals surface area (Å²) in [5.74, 6) is 0.721. The number of nitrogens with one attached hydrogen (secondary N) is 1. The molecule has 0 bridgehead atoms. The Morgan fingerprint density at radius 3 is 2.65 bits per heavy atom. The molecule has 2 unspecified atom stereocenters. The normalized spacial score (nSPS) is 23.8. The van der Waals surface area contributed by atoms with Crippen LogP contribution in [0.2, 0.25) is 0 Å². The number of hydrogen-bond acceptors (Lipinski definition) is 1. The highest BCUT2D eigenvalue weighted by Crippen LogP contribution is 2.32. The smallest absolute Gasteiger partial charge is 0.310 e. The van der Waals surface area contributed by atoms with Crippen molar-refractivity contribution in [3.63, 3.8) is 0 Å². The van der Waals surface area contributed by atoms with Crippen molar-refractivity contribution in [3.05, 3.63) is 35.4 Å². The van der Waals surface area contributed by atoms with Crippen LogP contribution in [-0.4, -0.2) is 6.04 Å². The molecule has 1 nitrogen and oxygen atoms in total. The van der Waals surface area contributed by atoms with Crippen LogP contribution in [0.15, 0.2) is 24.3 Å². The second-order valence-corrected chi connectivity index (χ2v) is 5.67. The molecule has 2 atom stereocenters. The minimum absolute atomic E-state index is 0.302. The largest absolute Gasteiger partial charge is 0.416 e. The van der Waals surface area contributed by atoms with E-state index in [1.54, 1.807) is 12.1 Å². The quantitative estimate of drug-likeness (QED) is 0.840. The lowest BCUT2D eigenvalue weighted by Crippen LogP contribution is -2.34. The molecule has 2 rings (SSSR count). The van der Waals surface area contributed by atoms with Gasteiger partial charge in [-0.3, -0.25) is 0 Å². The Labute approximate surface area is 118 Å². The van der Waals surface area contributed by atoms with Crippen molar-refractivity contribution >= 4 is 0 Å². The van der Waals surface area contributed by atoms with E-state index in [0.717, 1.165) is 31.2 Å². The standard InChI is InChI=1S/C16H22F3N/c1-2-12-6-5-8-14(10-12)20-11-13-7-3-4-9-15(13)16(17,18)19/h3-4,7,9,12,14,20H,2,5-6,8,10-11H2,1H3. The molecule has 112 valence electrons. The summed E-state index contributed by atoms with van der Waals surface area (Å²) in [7, 11) is 0. The van der Waals surface area contributed by atoms with E-state index in [2.05, 4.69) is 12.2 Å². The van der Waals surface area contributed by atoms with Crippen LogP contribution < -0.4 is 5.32 Å². The summed E-state index contributed by atoms with van der Waals surface area (Å²) in [6.45, 7) is 2.49. The average molecular weight is 285 g/mol. The third-order valence-corrected chi connectivity index (χ3v) is 4.26. The Balaban J connectivity index is 1.97. The van der Waals surface area contributed by atoms with Crippen molar-refractivity contribution in [2.75, 3.05) is 0 Å². The van der Waals surface area contributed by atoms with Gasteiger partial charge in [-0.15, -0.1) is 0 Å². The van der Waals surface area contributed by atoms with Crippen molar-refractivity contribution in [2.24, 2.45) is 5.92 Å². The van der Waals surface area contributed by atoms with Crippen molar-refractivity contribution < 1.29 is 13.2 Å². The van der Waals surface area contributed by atoms with Gasteiger partial charge < -0.3 is 5.32 Å². The van der Waals surface area contributed by atoms with E-state index < -0.39 is 11.7 Å². The zero-order chi connectivity index (χ0) is 14.6. The van der Waals surface area contributed by atoms with Crippen LogP contribution in [0.1, 0.15) is 50.2 Å². The van der Waals surface area contributed by atoms with Crippen molar-refractivity contribution in [3.8, 4) is 0 Å². The Morgan fingerprint density at radius 1 is 1.20 bits per heavy atom. The zero-order valence-electron chi connectivity index (χ0n) is 11.8. The molecular weight excluding hydrogens is 263 g/mol. The summed E-state index contributed by atoms with van der Waals surface area (Å²) in [6, 6.07) is 6.19. The van der Waals surface area contributed by atoms with Gasteiger partial charge in [0.15, 0.2) is 0 Å². The molecule has 1 saturated carbocycles. The van der Waals surface area contributed by atoms with Gasteiger partial charge in [0.25, 0.3) is 0 Å². The lowest BCUT2D eigenvalue weighted by Gasteiger charge is -2.29. The number of rotatable bonds is 4. The van der Waals surface area contributed by atoms with Crippen molar-refractivity contribution in [2.45, 2.75) is 57.8 Å². The minimum atomic E-state index is -4.27. The first kappa shape index (κ1) is 15.4. The second-order valence-electron chi connectivity index (χ2n) is 5.67. The molecule has 0 heterocycles. The van der Waals surface area contributed by atoms with Crippen LogP contribution in [-0.2, 0) is 12.7 Å². The molecule has 0 spiro atoms.